The molecule has 74 valence electrons. The maximum absolute atomic E-state index is 12.8. The van der Waals surface area contributed by atoms with Crippen molar-refractivity contribution in [3.63, 3.8) is 0 Å². The minimum atomic E-state index is -4.76. The first-order chi connectivity index (χ1) is 6.50. The van der Waals surface area contributed by atoms with Crippen molar-refractivity contribution in [3.05, 3.63) is 24.2 Å². The zero-order valence-corrected chi connectivity index (χ0v) is 7.99. The molecule has 0 amide bonds. The van der Waals surface area contributed by atoms with Crippen molar-refractivity contribution in [2.75, 3.05) is 0 Å². The Morgan fingerprint density at radius 2 is 2.21 bits per heavy atom. The monoisotopic (exact) mass is 215 g/mol. The van der Waals surface area contributed by atoms with Crippen molar-refractivity contribution in [1.82, 2.24) is 14.6 Å². The lowest BCUT2D eigenvalue weighted by Crippen LogP contribution is -1.94. The van der Waals surface area contributed by atoms with Crippen LogP contribution in [-0.4, -0.2) is 23.0 Å². The van der Waals surface area contributed by atoms with Crippen molar-refractivity contribution in [1.29, 1.82) is 0 Å². The molecule has 0 saturated carbocycles. The molecule has 5 nitrogen and oxygen atoms in total. The van der Waals surface area contributed by atoms with Gasteiger partial charge in [0.05, 0.1) is 5.69 Å². The summed E-state index contributed by atoms with van der Waals surface area (Å²) in [4.78, 5) is 3.29. The summed E-state index contributed by atoms with van der Waals surface area (Å²) in [5, 5.41) is 3.81. The zero-order valence-electron chi connectivity index (χ0n) is 7.18. The summed E-state index contributed by atoms with van der Waals surface area (Å²) in [6.45, 7) is 1.42. The first kappa shape index (κ1) is 9.07. The molecule has 14 heavy (non-hydrogen) atoms. The van der Waals surface area contributed by atoms with Crippen LogP contribution in [0.15, 0.2) is 23.4 Å². The lowest BCUT2D eigenvalue weighted by atomic mass is 10.5. The van der Waals surface area contributed by atoms with Crippen molar-refractivity contribution >= 4 is 15.9 Å². The van der Waals surface area contributed by atoms with Crippen LogP contribution < -0.4 is 0 Å². The van der Waals surface area contributed by atoms with Gasteiger partial charge in [-0.15, -0.1) is 3.89 Å². The Bertz CT molecular complexity index is 590. The van der Waals surface area contributed by atoms with E-state index >= 15 is 0 Å². The summed E-state index contributed by atoms with van der Waals surface area (Å²) in [5.41, 5.74) is 0.110. The van der Waals surface area contributed by atoms with Crippen molar-refractivity contribution < 1.29 is 12.3 Å². The van der Waals surface area contributed by atoms with E-state index in [0.29, 0.717) is 0 Å². The smallest absolute Gasteiger partial charge is 0.236 e. The highest BCUT2D eigenvalue weighted by atomic mass is 32.3. The number of aryl methyl sites for hydroxylation is 1. The first-order valence-electron chi connectivity index (χ1n) is 3.75. The summed E-state index contributed by atoms with van der Waals surface area (Å²) in [6.07, 6.45) is 2.88. The third kappa shape index (κ3) is 1.25. The van der Waals surface area contributed by atoms with Crippen LogP contribution in [0.25, 0.3) is 5.65 Å². The average molecular weight is 215 g/mol. The average Bonchev–Trinajstić information content (AvgIpc) is 2.38. The van der Waals surface area contributed by atoms with E-state index in [-0.39, 0.29) is 11.3 Å². The number of aromatic nitrogens is 3. The van der Waals surface area contributed by atoms with Gasteiger partial charge in [0.2, 0.25) is 0 Å². The zero-order chi connectivity index (χ0) is 10.3. The van der Waals surface area contributed by atoms with Gasteiger partial charge in [0.15, 0.2) is 10.5 Å². The third-order valence-electron chi connectivity index (χ3n) is 1.76. The summed E-state index contributed by atoms with van der Waals surface area (Å²) in [5.74, 6) is 0. The quantitative estimate of drug-likeness (QED) is 0.657. The van der Waals surface area contributed by atoms with Gasteiger partial charge >= 0.3 is 10.2 Å². The number of nitrogens with zero attached hydrogens (tertiary/aromatic N) is 3. The Kier molecular flexibility index (Phi) is 1.78. The second kappa shape index (κ2) is 2.74. The molecule has 0 bridgehead atoms. The van der Waals surface area contributed by atoms with Crippen molar-refractivity contribution in [2.24, 2.45) is 0 Å². The predicted octanol–water partition coefficient (Wildman–Crippen LogP) is 0.696. The molecule has 2 aromatic rings. The fraction of sp³-hybridized carbons (Fsp3) is 0.143. The second-order valence-corrected chi connectivity index (χ2v) is 4.02. The molecule has 2 heterocycles. The van der Waals surface area contributed by atoms with Crippen LogP contribution in [0.2, 0.25) is 0 Å². The lowest BCUT2D eigenvalue weighted by molar-refractivity contribution is 0.552. The molecule has 2 aromatic heterocycles. The number of rotatable bonds is 1. The standard InChI is InChI=1S/C7H6FN3O2S/c1-5-6(14(8,12)13)7-9-3-2-4-11(7)10-5/h2-4H,1H3. The van der Waals surface area contributed by atoms with Crippen LogP contribution in [0.3, 0.4) is 0 Å². The van der Waals surface area contributed by atoms with E-state index in [1.54, 1.807) is 6.07 Å². The summed E-state index contributed by atoms with van der Waals surface area (Å²) < 4.78 is 35.6. The Balaban J connectivity index is 2.95. The van der Waals surface area contributed by atoms with Gasteiger partial charge in [-0.05, 0) is 13.0 Å². The van der Waals surface area contributed by atoms with Gasteiger partial charge in [-0.25, -0.2) is 9.50 Å². The Morgan fingerprint density at radius 1 is 1.50 bits per heavy atom. The normalized spacial score (nSPS) is 12.1. The number of hydrogen-bond donors (Lipinski definition) is 0. The molecule has 0 fully saturated rings. The molecule has 0 saturated heterocycles. The van der Waals surface area contributed by atoms with Crippen LogP contribution in [0.4, 0.5) is 3.89 Å². The highest BCUT2D eigenvalue weighted by Crippen LogP contribution is 2.20. The molecule has 7 heteroatoms. The van der Waals surface area contributed by atoms with Gasteiger partial charge < -0.3 is 0 Å². The van der Waals surface area contributed by atoms with Gasteiger partial charge in [0, 0.05) is 12.4 Å². The Hall–Kier alpha value is -1.50. The molecule has 0 unspecified atom stereocenters. The number of hydrogen-bond acceptors (Lipinski definition) is 4. The molecule has 0 spiro atoms. The summed E-state index contributed by atoms with van der Waals surface area (Å²) in [7, 11) is -4.76. The largest absolute Gasteiger partial charge is 0.337 e. The van der Waals surface area contributed by atoms with Gasteiger partial charge in [-0.2, -0.15) is 13.5 Å². The van der Waals surface area contributed by atoms with E-state index in [1.165, 1.54) is 23.8 Å². The molecule has 0 aromatic carbocycles. The predicted molar refractivity (Wildman–Crippen MR) is 46.0 cm³/mol. The Morgan fingerprint density at radius 3 is 2.86 bits per heavy atom. The molecule has 0 aliphatic rings. The van der Waals surface area contributed by atoms with E-state index < -0.39 is 15.1 Å². The third-order valence-corrected chi connectivity index (χ3v) is 2.73. The van der Waals surface area contributed by atoms with E-state index in [4.69, 9.17) is 0 Å². The molecule has 0 aliphatic heterocycles. The minimum Gasteiger partial charge on any atom is -0.236 e. The number of fused-ring (bicyclic) bond motifs is 1. The molecule has 2 rings (SSSR count). The highest BCUT2D eigenvalue weighted by molar-refractivity contribution is 7.86. The minimum absolute atomic E-state index is 0.00694. The highest BCUT2D eigenvalue weighted by Gasteiger charge is 2.23. The van der Waals surface area contributed by atoms with Crippen molar-refractivity contribution in [3.8, 4) is 0 Å². The SMILES string of the molecule is Cc1nn2cccnc2c1S(=O)(=O)F. The van der Waals surface area contributed by atoms with Crippen LogP contribution in [-0.2, 0) is 10.2 Å². The van der Waals surface area contributed by atoms with E-state index in [9.17, 15) is 12.3 Å². The molecule has 0 atom stereocenters. The van der Waals surface area contributed by atoms with Gasteiger partial charge in [0.1, 0.15) is 0 Å². The van der Waals surface area contributed by atoms with Gasteiger partial charge in [0.25, 0.3) is 0 Å². The van der Waals surface area contributed by atoms with E-state index in [0.717, 1.165) is 0 Å². The fourth-order valence-corrected chi connectivity index (χ4v) is 2.02. The Labute approximate surface area is 79.4 Å². The van der Waals surface area contributed by atoms with Crippen LogP contribution in [0.5, 0.6) is 0 Å². The maximum atomic E-state index is 12.8. The molecule has 0 radical (unpaired) electrons. The van der Waals surface area contributed by atoms with Gasteiger partial charge in [-0.3, -0.25) is 0 Å². The van der Waals surface area contributed by atoms with Gasteiger partial charge in [-0.1, -0.05) is 0 Å². The maximum Gasteiger partial charge on any atom is 0.337 e. The van der Waals surface area contributed by atoms with Crippen LogP contribution >= 0.6 is 0 Å². The lowest BCUT2D eigenvalue weighted by Gasteiger charge is -1.91. The summed E-state index contributed by atoms with van der Waals surface area (Å²) in [6, 6.07) is 1.58. The molecular weight excluding hydrogens is 209 g/mol. The number of halogens is 1. The van der Waals surface area contributed by atoms with Crippen LogP contribution in [0, 0.1) is 6.92 Å². The van der Waals surface area contributed by atoms with Crippen LogP contribution in [0.1, 0.15) is 5.69 Å². The first-order valence-corrected chi connectivity index (χ1v) is 5.13. The molecular formula is C7H6FN3O2S. The van der Waals surface area contributed by atoms with E-state index in [1.807, 2.05) is 0 Å². The summed E-state index contributed by atoms with van der Waals surface area (Å²) >= 11 is 0. The van der Waals surface area contributed by atoms with Crippen molar-refractivity contribution in [2.45, 2.75) is 11.8 Å². The molecule has 0 N–H and O–H groups in total. The second-order valence-electron chi connectivity index (χ2n) is 2.74. The topological polar surface area (TPSA) is 64.3 Å². The molecule has 0 aliphatic carbocycles. The van der Waals surface area contributed by atoms with E-state index in [2.05, 4.69) is 10.1 Å². The fourth-order valence-electron chi connectivity index (χ4n) is 1.26.